The van der Waals surface area contributed by atoms with E-state index in [1.165, 1.54) is 4.68 Å². The number of alkyl halides is 2. The molecule has 0 aliphatic rings. The average Bonchev–Trinajstić information content (AvgIpc) is 2.18. The Morgan fingerprint density at radius 3 is 2.73 bits per heavy atom. The minimum Gasteiger partial charge on any atom is -0.263 e. The van der Waals surface area contributed by atoms with Crippen molar-refractivity contribution in [2.24, 2.45) is 0 Å². The molecule has 0 fully saturated rings. The van der Waals surface area contributed by atoms with Crippen LogP contribution < -0.4 is 0 Å². The summed E-state index contributed by atoms with van der Waals surface area (Å²) in [5.74, 6) is 0. The Kier molecular flexibility index (Phi) is 2.80. The zero-order valence-corrected chi connectivity index (χ0v) is 8.05. The van der Waals surface area contributed by atoms with E-state index in [4.69, 9.17) is 0 Å². The quantitative estimate of drug-likeness (QED) is 0.753. The van der Waals surface area contributed by atoms with Gasteiger partial charge in [-0.2, -0.15) is 5.10 Å². The summed E-state index contributed by atoms with van der Waals surface area (Å²) in [7, 11) is 0. The summed E-state index contributed by atoms with van der Waals surface area (Å²) in [5, 5.41) is 3.78. The first-order valence-corrected chi connectivity index (χ1v) is 4.15. The molecule has 1 aromatic heterocycles. The fraction of sp³-hybridized carbons (Fsp3) is 0.500. The van der Waals surface area contributed by atoms with Crippen LogP contribution in [-0.4, -0.2) is 16.2 Å². The number of nitrogens with zero attached hydrogens (tertiary/aromatic N) is 2. The van der Waals surface area contributed by atoms with Gasteiger partial charge in [0.2, 0.25) is 0 Å². The van der Waals surface area contributed by atoms with Crippen molar-refractivity contribution in [3.05, 3.63) is 15.5 Å². The molecule has 0 unspecified atom stereocenters. The fourth-order valence-corrected chi connectivity index (χ4v) is 1.14. The van der Waals surface area contributed by atoms with Crippen LogP contribution in [-0.2, 0) is 6.54 Å². The van der Waals surface area contributed by atoms with E-state index in [0.29, 0.717) is 0 Å². The van der Waals surface area contributed by atoms with Gasteiger partial charge < -0.3 is 0 Å². The van der Waals surface area contributed by atoms with E-state index in [1.807, 2.05) is 0 Å². The molecule has 0 amide bonds. The van der Waals surface area contributed by atoms with Gasteiger partial charge in [0.1, 0.15) is 6.54 Å². The number of aromatic nitrogens is 2. The number of halogens is 3. The van der Waals surface area contributed by atoms with Gasteiger partial charge in [-0.1, -0.05) is 0 Å². The molecule has 0 N–H and O–H groups in total. The van der Waals surface area contributed by atoms with Gasteiger partial charge in [-0.25, -0.2) is 8.78 Å². The molecule has 1 heterocycles. The Morgan fingerprint density at radius 2 is 2.36 bits per heavy atom. The van der Waals surface area contributed by atoms with Crippen LogP contribution in [0.5, 0.6) is 0 Å². The van der Waals surface area contributed by atoms with Crippen LogP contribution in [0.3, 0.4) is 0 Å². The van der Waals surface area contributed by atoms with E-state index in [9.17, 15) is 8.78 Å². The third-order valence-corrected chi connectivity index (χ3v) is 2.41. The van der Waals surface area contributed by atoms with Crippen molar-refractivity contribution in [1.82, 2.24) is 9.78 Å². The molecule has 0 saturated carbocycles. The molecule has 0 bridgehead atoms. The fourth-order valence-electron chi connectivity index (χ4n) is 0.738. The van der Waals surface area contributed by atoms with Crippen LogP contribution in [0.4, 0.5) is 8.78 Å². The van der Waals surface area contributed by atoms with Crippen LogP contribution in [0, 0.1) is 10.5 Å². The van der Waals surface area contributed by atoms with E-state index in [-0.39, 0.29) is 6.54 Å². The largest absolute Gasteiger partial charge is 0.263 e. The predicted molar refractivity (Wildman–Crippen MR) is 45.7 cm³/mol. The number of rotatable bonds is 2. The van der Waals surface area contributed by atoms with Crippen molar-refractivity contribution in [3.8, 4) is 0 Å². The minimum absolute atomic E-state index is 0.311. The number of hydrogen-bond donors (Lipinski definition) is 0. The Bertz CT molecular complexity index is 247. The molecule has 2 nitrogen and oxygen atoms in total. The summed E-state index contributed by atoms with van der Waals surface area (Å²) in [6.07, 6.45) is -0.748. The highest BCUT2D eigenvalue weighted by Crippen LogP contribution is 2.10. The topological polar surface area (TPSA) is 17.8 Å². The molecule has 0 radical (unpaired) electrons. The maximum absolute atomic E-state index is 11.8. The maximum atomic E-state index is 11.8. The Balaban J connectivity index is 2.79. The molecule has 0 aromatic carbocycles. The third-order valence-electron chi connectivity index (χ3n) is 1.35. The van der Waals surface area contributed by atoms with Gasteiger partial charge in [-0.05, 0) is 29.5 Å². The summed E-state index contributed by atoms with van der Waals surface area (Å²) in [6.45, 7) is 1.46. The molecule has 1 aromatic rings. The molecule has 1 rings (SSSR count). The minimum atomic E-state index is -2.33. The summed E-state index contributed by atoms with van der Waals surface area (Å²) in [4.78, 5) is 0. The van der Waals surface area contributed by atoms with E-state index in [0.717, 1.165) is 9.26 Å². The van der Waals surface area contributed by atoms with Gasteiger partial charge in [0.25, 0.3) is 6.43 Å². The van der Waals surface area contributed by atoms with E-state index < -0.39 is 6.43 Å². The molecular weight excluding hydrogens is 265 g/mol. The normalized spacial score (nSPS) is 11.0. The van der Waals surface area contributed by atoms with Crippen molar-refractivity contribution in [1.29, 1.82) is 0 Å². The second kappa shape index (κ2) is 3.46. The van der Waals surface area contributed by atoms with Gasteiger partial charge >= 0.3 is 0 Å². The molecule has 0 aliphatic heterocycles. The van der Waals surface area contributed by atoms with E-state index in [2.05, 4.69) is 27.7 Å². The monoisotopic (exact) mass is 272 g/mol. The van der Waals surface area contributed by atoms with Crippen LogP contribution in [0.15, 0.2) is 6.20 Å². The van der Waals surface area contributed by atoms with Crippen LogP contribution in [0.2, 0.25) is 0 Å². The van der Waals surface area contributed by atoms with Gasteiger partial charge in [-0.15, -0.1) is 0 Å². The van der Waals surface area contributed by atoms with Crippen molar-refractivity contribution in [3.63, 3.8) is 0 Å². The van der Waals surface area contributed by atoms with E-state index >= 15 is 0 Å². The smallest absolute Gasteiger partial charge is 0.257 e. The van der Waals surface area contributed by atoms with Crippen molar-refractivity contribution < 1.29 is 8.78 Å². The highest BCUT2D eigenvalue weighted by atomic mass is 127. The molecule has 62 valence electrons. The average molecular weight is 272 g/mol. The second-order valence-electron chi connectivity index (χ2n) is 2.15. The van der Waals surface area contributed by atoms with Gasteiger partial charge in [0, 0.05) is 5.69 Å². The van der Waals surface area contributed by atoms with Crippen molar-refractivity contribution in [2.75, 3.05) is 0 Å². The van der Waals surface area contributed by atoms with Gasteiger partial charge in [-0.3, -0.25) is 4.68 Å². The zero-order chi connectivity index (χ0) is 8.43. The van der Waals surface area contributed by atoms with Crippen molar-refractivity contribution >= 4 is 22.6 Å². The lowest BCUT2D eigenvalue weighted by Gasteiger charge is -2.01. The molecule has 11 heavy (non-hydrogen) atoms. The SMILES string of the molecule is Cc1c(I)cnn1CC(F)F. The summed E-state index contributed by atoms with van der Waals surface area (Å²) in [6, 6.07) is 0. The van der Waals surface area contributed by atoms with E-state index in [1.54, 1.807) is 13.1 Å². The molecule has 0 spiro atoms. The van der Waals surface area contributed by atoms with Crippen LogP contribution in [0.25, 0.3) is 0 Å². The highest BCUT2D eigenvalue weighted by Gasteiger charge is 2.08. The Hall–Kier alpha value is -0.200. The zero-order valence-electron chi connectivity index (χ0n) is 5.89. The lowest BCUT2D eigenvalue weighted by molar-refractivity contribution is 0.121. The summed E-state index contributed by atoms with van der Waals surface area (Å²) < 4.78 is 25.9. The van der Waals surface area contributed by atoms with Crippen molar-refractivity contribution in [2.45, 2.75) is 19.9 Å². The lowest BCUT2D eigenvalue weighted by Crippen LogP contribution is -2.09. The maximum Gasteiger partial charge on any atom is 0.257 e. The molecule has 0 aliphatic carbocycles. The summed E-state index contributed by atoms with van der Waals surface area (Å²) in [5.41, 5.74) is 0.797. The third kappa shape index (κ3) is 2.11. The molecular formula is C6H7F2IN2. The van der Waals surface area contributed by atoms with Gasteiger partial charge in [0.05, 0.1) is 9.77 Å². The first kappa shape index (κ1) is 8.89. The molecule has 0 saturated heterocycles. The highest BCUT2D eigenvalue weighted by molar-refractivity contribution is 14.1. The van der Waals surface area contributed by atoms with Crippen LogP contribution >= 0.6 is 22.6 Å². The standard InChI is InChI=1S/C6H7F2IN2/c1-4-5(9)2-10-11(4)3-6(7)8/h2,6H,3H2,1H3. The van der Waals surface area contributed by atoms with Gasteiger partial charge in [0.15, 0.2) is 0 Å². The first-order chi connectivity index (χ1) is 5.11. The van der Waals surface area contributed by atoms with Crippen LogP contribution in [0.1, 0.15) is 5.69 Å². The lowest BCUT2D eigenvalue weighted by atomic mass is 10.5. The predicted octanol–water partition coefficient (Wildman–Crippen LogP) is 2.06. The Morgan fingerprint density at radius 1 is 1.73 bits per heavy atom. The number of hydrogen-bond acceptors (Lipinski definition) is 1. The second-order valence-corrected chi connectivity index (χ2v) is 3.31. The summed E-state index contributed by atoms with van der Waals surface area (Å²) >= 11 is 2.06. The Labute approximate surface area is 76.7 Å². The molecule has 0 atom stereocenters. The first-order valence-electron chi connectivity index (χ1n) is 3.07. The molecule has 5 heteroatoms.